The van der Waals surface area contributed by atoms with Crippen LogP contribution in [-0.4, -0.2) is 78.9 Å². The van der Waals surface area contributed by atoms with Gasteiger partial charge in [-0.15, -0.1) is 0 Å². The molecule has 1 aromatic carbocycles. The van der Waals surface area contributed by atoms with Gasteiger partial charge in [0.2, 0.25) is 29.5 Å². The summed E-state index contributed by atoms with van der Waals surface area (Å²) in [5, 5.41) is 8.80. The minimum Gasteiger partial charge on any atom is -0.381 e. The van der Waals surface area contributed by atoms with E-state index in [0.717, 1.165) is 5.56 Å². The van der Waals surface area contributed by atoms with Gasteiger partial charge in [0.15, 0.2) is 0 Å². The molecule has 11 nitrogen and oxygen atoms in total. The Hall–Kier alpha value is -3.73. The van der Waals surface area contributed by atoms with Crippen molar-refractivity contribution < 1.29 is 28.7 Å². The van der Waals surface area contributed by atoms with Crippen LogP contribution in [0.1, 0.15) is 51.0 Å². The standard InChI is InChI=1S/C30H41N5O6/c1-20(36)32-25(18-26(31)37)28(39)35-14-10-23-22(19-35)9-5-6-11-30(12-15-41-16-13-30)29(40)34-24(27(38)33-23)17-21-7-3-2-4-8-21/h2-8,22-25H,9-19H2,1H3,(H2,31,37)(H,32,36)(H,33,38)(H,34,40)/t22-,23+,24+,25-/m1/s1. The van der Waals surface area contributed by atoms with Crippen molar-refractivity contribution in [3.63, 3.8) is 0 Å². The van der Waals surface area contributed by atoms with Crippen molar-refractivity contribution in [2.75, 3.05) is 26.3 Å². The SMILES string of the molecule is CC(=O)N[C@H](CC(N)=O)C(=O)N1CC[C@@H]2NC(=O)[C@H](Cc3ccccc3)NC(=O)C3(CC=CC[C@@H]2C1)CCOCC3. The smallest absolute Gasteiger partial charge is 0.245 e. The van der Waals surface area contributed by atoms with Gasteiger partial charge in [0.1, 0.15) is 12.1 Å². The van der Waals surface area contributed by atoms with Gasteiger partial charge in [0.05, 0.1) is 11.8 Å². The molecule has 2 fully saturated rings. The summed E-state index contributed by atoms with van der Waals surface area (Å²) in [7, 11) is 0. The van der Waals surface area contributed by atoms with E-state index in [2.05, 4.69) is 16.0 Å². The Morgan fingerprint density at radius 1 is 1.12 bits per heavy atom. The van der Waals surface area contributed by atoms with Crippen LogP contribution in [0.5, 0.6) is 0 Å². The van der Waals surface area contributed by atoms with Crippen molar-refractivity contribution >= 4 is 29.5 Å². The van der Waals surface area contributed by atoms with Gasteiger partial charge in [-0.1, -0.05) is 42.5 Å². The van der Waals surface area contributed by atoms with Gasteiger partial charge in [0, 0.05) is 51.6 Å². The summed E-state index contributed by atoms with van der Waals surface area (Å²) in [6, 6.07) is 7.59. The summed E-state index contributed by atoms with van der Waals surface area (Å²) in [4.78, 5) is 65.6. The molecule has 3 aliphatic rings. The van der Waals surface area contributed by atoms with E-state index >= 15 is 0 Å². The molecule has 0 radical (unpaired) electrons. The minimum absolute atomic E-state index is 0.0994. The number of nitrogens with zero attached hydrogens (tertiary/aromatic N) is 1. The number of ether oxygens (including phenoxy) is 1. The zero-order chi connectivity index (χ0) is 29.4. The number of rotatable bonds is 6. The Balaban J connectivity index is 1.57. The number of carbonyl (C=O) groups is 5. The molecule has 0 aromatic heterocycles. The van der Waals surface area contributed by atoms with Crippen molar-refractivity contribution in [1.82, 2.24) is 20.9 Å². The highest BCUT2D eigenvalue weighted by Gasteiger charge is 2.42. The number of amides is 5. The molecule has 5 N–H and O–H groups in total. The van der Waals surface area contributed by atoms with Gasteiger partial charge in [0.25, 0.3) is 0 Å². The normalized spacial score (nSPS) is 25.5. The van der Waals surface area contributed by atoms with Gasteiger partial charge < -0.3 is 31.3 Å². The molecule has 5 amide bonds. The van der Waals surface area contributed by atoms with Crippen LogP contribution in [0.3, 0.4) is 0 Å². The van der Waals surface area contributed by atoms with Gasteiger partial charge in [-0.2, -0.15) is 0 Å². The first-order chi connectivity index (χ1) is 19.7. The molecule has 0 bridgehead atoms. The number of allylic oxidation sites excluding steroid dienone is 2. The third kappa shape index (κ3) is 7.93. The van der Waals surface area contributed by atoms with E-state index < -0.39 is 29.3 Å². The monoisotopic (exact) mass is 567 g/mol. The van der Waals surface area contributed by atoms with Crippen LogP contribution in [0.25, 0.3) is 0 Å². The molecule has 4 rings (SSSR count). The summed E-state index contributed by atoms with van der Waals surface area (Å²) >= 11 is 0. The fourth-order valence-corrected chi connectivity index (χ4v) is 6.05. The van der Waals surface area contributed by atoms with Crippen LogP contribution in [0.2, 0.25) is 0 Å². The molecular weight excluding hydrogens is 526 g/mol. The van der Waals surface area contributed by atoms with Crippen molar-refractivity contribution in [3.8, 4) is 0 Å². The van der Waals surface area contributed by atoms with Crippen LogP contribution < -0.4 is 21.7 Å². The maximum absolute atomic E-state index is 13.7. The van der Waals surface area contributed by atoms with Crippen LogP contribution >= 0.6 is 0 Å². The van der Waals surface area contributed by atoms with E-state index in [4.69, 9.17) is 10.5 Å². The molecule has 11 heteroatoms. The van der Waals surface area contributed by atoms with Crippen molar-refractivity contribution in [2.45, 2.75) is 70.0 Å². The van der Waals surface area contributed by atoms with Crippen LogP contribution in [0, 0.1) is 11.3 Å². The largest absolute Gasteiger partial charge is 0.381 e. The van der Waals surface area contributed by atoms with E-state index in [1.54, 1.807) is 4.90 Å². The third-order valence-electron chi connectivity index (χ3n) is 8.40. The van der Waals surface area contributed by atoms with Gasteiger partial charge >= 0.3 is 0 Å². The molecule has 222 valence electrons. The highest BCUT2D eigenvalue weighted by Crippen LogP contribution is 2.36. The molecule has 0 saturated carbocycles. The topological polar surface area (TPSA) is 160 Å². The summed E-state index contributed by atoms with van der Waals surface area (Å²) < 4.78 is 5.56. The Morgan fingerprint density at radius 2 is 1.85 bits per heavy atom. The van der Waals surface area contributed by atoms with Crippen molar-refractivity contribution in [2.24, 2.45) is 17.1 Å². The number of fused-ring (bicyclic) bond motifs is 1. The molecule has 0 unspecified atom stereocenters. The second-order valence-corrected chi connectivity index (χ2v) is 11.4. The fraction of sp³-hybridized carbons (Fsp3) is 0.567. The number of likely N-dealkylation sites (tertiary alicyclic amines) is 1. The Labute approximate surface area is 240 Å². The summed E-state index contributed by atoms with van der Waals surface area (Å²) in [6.45, 7) is 2.95. The van der Waals surface area contributed by atoms with E-state index in [9.17, 15) is 24.0 Å². The second kappa shape index (κ2) is 13.8. The van der Waals surface area contributed by atoms with Gasteiger partial charge in [-0.25, -0.2) is 0 Å². The number of primary amides is 1. The number of hydrogen-bond acceptors (Lipinski definition) is 6. The quantitative estimate of drug-likeness (QED) is 0.368. The summed E-state index contributed by atoms with van der Waals surface area (Å²) in [6.07, 6.45) is 6.89. The average molecular weight is 568 g/mol. The van der Waals surface area contributed by atoms with Gasteiger partial charge in [-0.3, -0.25) is 24.0 Å². The molecule has 3 aliphatic heterocycles. The minimum atomic E-state index is -1.03. The lowest BCUT2D eigenvalue weighted by Gasteiger charge is -2.41. The maximum Gasteiger partial charge on any atom is 0.245 e. The lowest BCUT2D eigenvalue weighted by molar-refractivity contribution is -0.141. The zero-order valence-corrected chi connectivity index (χ0v) is 23.6. The average Bonchev–Trinajstić information content (AvgIpc) is 2.95. The van der Waals surface area contributed by atoms with Crippen LogP contribution in [-0.2, 0) is 35.1 Å². The highest BCUT2D eigenvalue weighted by atomic mass is 16.5. The zero-order valence-electron chi connectivity index (χ0n) is 23.6. The first-order valence-electron chi connectivity index (χ1n) is 14.4. The molecule has 3 heterocycles. The predicted molar refractivity (Wildman–Crippen MR) is 151 cm³/mol. The van der Waals surface area contributed by atoms with Crippen LogP contribution in [0.15, 0.2) is 42.5 Å². The maximum atomic E-state index is 13.7. The number of nitrogens with two attached hydrogens (primary N) is 1. The first kappa shape index (κ1) is 30.2. The molecule has 4 atom stereocenters. The van der Waals surface area contributed by atoms with E-state index in [-0.39, 0.29) is 36.1 Å². The number of carbonyl (C=O) groups excluding carboxylic acids is 5. The predicted octanol–water partition coefficient (Wildman–Crippen LogP) is 0.574. The first-order valence-corrected chi connectivity index (χ1v) is 14.4. The van der Waals surface area contributed by atoms with E-state index in [1.165, 1.54) is 6.92 Å². The Morgan fingerprint density at radius 3 is 2.54 bits per heavy atom. The Bertz CT molecular complexity index is 1130. The number of nitrogens with one attached hydrogen (secondary N) is 3. The summed E-state index contributed by atoms with van der Waals surface area (Å²) in [5.74, 6) is -1.95. The van der Waals surface area contributed by atoms with Crippen molar-refractivity contribution in [1.29, 1.82) is 0 Å². The molecule has 2 saturated heterocycles. The number of hydrogen-bond donors (Lipinski definition) is 4. The molecular formula is C30H41N5O6. The highest BCUT2D eigenvalue weighted by molar-refractivity contribution is 5.92. The van der Waals surface area contributed by atoms with E-state index in [0.29, 0.717) is 64.8 Å². The lowest BCUT2D eigenvalue weighted by atomic mass is 9.75. The lowest BCUT2D eigenvalue weighted by Crippen LogP contribution is -2.60. The van der Waals surface area contributed by atoms with E-state index in [1.807, 2.05) is 42.5 Å². The van der Waals surface area contributed by atoms with Crippen LogP contribution in [0.4, 0.5) is 0 Å². The number of benzene rings is 1. The van der Waals surface area contributed by atoms with Gasteiger partial charge in [-0.05, 0) is 37.7 Å². The molecule has 1 spiro atoms. The fourth-order valence-electron chi connectivity index (χ4n) is 6.05. The third-order valence-corrected chi connectivity index (χ3v) is 8.40. The van der Waals surface area contributed by atoms with Crippen molar-refractivity contribution in [3.05, 3.63) is 48.0 Å². The molecule has 0 aliphatic carbocycles. The molecule has 1 aromatic rings. The molecule has 41 heavy (non-hydrogen) atoms. The second-order valence-electron chi connectivity index (χ2n) is 11.4. The Kier molecular flexibility index (Phi) is 10.1. The summed E-state index contributed by atoms with van der Waals surface area (Å²) in [5.41, 5.74) is 5.62. The number of piperidine rings is 1.